The molecule has 7 heteroatoms. The third-order valence-electron chi connectivity index (χ3n) is 4.19. The number of nitrogens with zero attached hydrogens (tertiary/aromatic N) is 2. The van der Waals surface area contributed by atoms with Crippen LogP contribution in [0.1, 0.15) is 25.8 Å². The van der Waals surface area contributed by atoms with Crippen LogP contribution in [0.3, 0.4) is 0 Å². The van der Waals surface area contributed by atoms with Crippen LogP contribution < -0.4 is 20.1 Å². The Morgan fingerprint density at radius 3 is 2.81 bits per heavy atom. The Balaban J connectivity index is 1.76. The fraction of sp³-hybridized carbons (Fsp3) is 0.474. The highest BCUT2D eigenvalue weighted by molar-refractivity contribution is 5.97. The second kappa shape index (κ2) is 10.3. The van der Waals surface area contributed by atoms with E-state index in [2.05, 4.69) is 29.4 Å². The number of amides is 1. The van der Waals surface area contributed by atoms with Gasteiger partial charge in [-0.3, -0.25) is 4.79 Å². The Morgan fingerprint density at radius 1 is 1.31 bits per heavy atom. The van der Waals surface area contributed by atoms with Gasteiger partial charge < -0.3 is 25.0 Å². The molecule has 2 rings (SSSR count). The molecule has 1 heterocycles. The van der Waals surface area contributed by atoms with Crippen molar-refractivity contribution in [2.45, 2.75) is 26.8 Å². The summed E-state index contributed by atoms with van der Waals surface area (Å²) < 4.78 is 10.6. The zero-order chi connectivity index (χ0) is 18.8. The van der Waals surface area contributed by atoms with Crippen LogP contribution in [0.15, 0.2) is 30.0 Å². The lowest BCUT2D eigenvalue weighted by atomic mass is 10.2. The average molecular weight is 358 g/mol. The molecule has 0 aliphatic carbocycles. The van der Waals surface area contributed by atoms with E-state index in [9.17, 15) is 10.1 Å². The maximum atomic E-state index is 12.1. The molecule has 1 aliphatic rings. The normalized spacial score (nSPS) is 12.8. The van der Waals surface area contributed by atoms with Gasteiger partial charge in [-0.2, -0.15) is 5.26 Å². The quantitative estimate of drug-likeness (QED) is 0.377. The topological polar surface area (TPSA) is 86.6 Å². The molecule has 0 saturated heterocycles. The van der Waals surface area contributed by atoms with Crippen LogP contribution in [0.25, 0.3) is 0 Å². The molecule has 0 spiro atoms. The molecule has 0 unspecified atom stereocenters. The van der Waals surface area contributed by atoms with Crippen molar-refractivity contribution in [1.29, 1.82) is 5.26 Å². The van der Waals surface area contributed by atoms with Gasteiger partial charge in [-0.1, -0.05) is 19.9 Å². The Hall–Kier alpha value is -2.72. The first-order valence-electron chi connectivity index (χ1n) is 8.90. The third-order valence-corrected chi connectivity index (χ3v) is 4.19. The number of fused-ring (bicyclic) bond motifs is 1. The monoisotopic (exact) mass is 358 g/mol. The predicted molar refractivity (Wildman–Crippen MR) is 98.5 cm³/mol. The zero-order valence-electron chi connectivity index (χ0n) is 15.4. The second-order valence-corrected chi connectivity index (χ2v) is 5.87. The largest absolute Gasteiger partial charge is 0.454 e. The molecule has 1 aromatic rings. The summed E-state index contributed by atoms with van der Waals surface area (Å²) in [5, 5.41) is 15.0. The van der Waals surface area contributed by atoms with Crippen molar-refractivity contribution in [3.63, 3.8) is 0 Å². The molecule has 1 aromatic carbocycles. The summed E-state index contributed by atoms with van der Waals surface area (Å²) in [7, 11) is 0. The van der Waals surface area contributed by atoms with Crippen LogP contribution >= 0.6 is 0 Å². The van der Waals surface area contributed by atoms with Crippen LogP contribution in [0.2, 0.25) is 0 Å². The van der Waals surface area contributed by atoms with Gasteiger partial charge in [0.25, 0.3) is 5.91 Å². The van der Waals surface area contributed by atoms with Gasteiger partial charge >= 0.3 is 0 Å². The highest BCUT2D eigenvalue weighted by Crippen LogP contribution is 2.32. The maximum absolute atomic E-state index is 12.1. The molecule has 26 heavy (non-hydrogen) atoms. The number of nitriles is 1. The number of carbonyl (C=O) groups is 1. The number of nitrogens with one attached hydrogen (secondary N) is 2. The summed E-state index contributed by atoms with van der Waals surface area (Å²) in [6.45, 7) is 8.56. The molecule has 0 fully saturated rings. The molecule has 0 bridgehead atoms. The van der Waals surface area contributed by atoms with Gasteiger partial charge in [0.15, 0.2) is 11.5 Å². The summed E-state index contributed by atoms with van der Waals surface area (Å²) in [5.74, 6) is 0.968. The Bertz CT molecular complexity index is 678. The highest BCUT2D eigenvalue weighted by Gasteiger charge is 2.14. The van der Waals surface area contributed by atoms with E-state index >= 15 is 0 Å². The number of carbonyl (C=O) groups excluding carboxylic acids is 1. The first kappa shape index (κ1) is 19.6. The first-order chi connectivity index (χ1) is 12.7. The van der Waals surface area contributed by atoms with Crippen molar-refractivity contribution in [2.75, 3.05) is 33.0 Å². The Labute approximate surface area is 154 Å². The van der Waals surface area contributed by atoms with Crippen molar-refractivity contribution in [3.8, 4) is 17.6 Å². The summed E-state index contributed by atoms with van der Waals surface area (Å²) in [5.41, 5.74) is 0.945. The van der Waals surface area contributed by atoms with Crippen LogP contribution in [0.5, 0.6) is 11.5 Å². The lowest BCUT2D eigenvalue weighted by Crippen LogP contribution is -2.27. The molecular formula is C19H26N4O3. The number of benzene rings is 1. The summed E-state index contributed by atoms with van der Waals surface area (Å²) in [4.78, 5) is 14.5. The highest BCUT2D eigenvalue weighted by atomic mass is 16.7. The number of hydrogen-bond acceptors (Lipinski definition) is 6. The van der Waals surface area contributed by atoms with Crippen molar-refractivity contribution >= 4 is 5.91 Å². The Morgan fingerprint density at radius 2 is 2.08 bits per heavy atom. The standard InChI is InChI=1S/C19H26N4O3/c1-3-23(4-2)9-5-8-21-13-16(11-20)19(24)22-12-15-6-7-17-18(10-15)26-14-25-17/h6-7,10,13,21H,3-5,8-9,12,14H2,1-2H3,(H,22,24)/b16-13-. The lowest BCUT2D eigenvalue weighted by Gasteiger charge is -2.17. The minimum Gasteiger partial charge on any atom is -0.454 e. The molecule has 0 aromatic heterocycles. The van der Waals surface area contributed by atoms with Crippen molar-refractivity contribution in [3.05, 3.63) is 35.5 Å². The smallest absolute Gasteiger partial charge is 0.263 e. The first-order valence-corrected chi connectivity index (χ1v) is 8.90. The Kier molecular flexibility index (Phi) is 7.77. The molecule has 1 amide bonds. The van der Waals surface area contributed by atoms with Crippen LogP contribution in [0.4, 0.5) is 0 Å². The van der Waals surface area contributed by atoms with Crippen molar-refractivity contribution in [2.24, 2.45) is 0 Å². The van der Waals surface area contributed by atoms with Crippen LogP contribution in [-0.4, -0.2) is 43.8 Å². The summed E-state index contributed by atoms with van der Waals surface area (Å²) in [6, 6.07) is 7.42. The lowest BCUT2D eigenvalue weighted by molar-refractivity contribution is -0.117. The maximum Gasteiger partial charge on any atom is 0.263 e. The van der Waals surface area contributed by atoms with Crippen molar-refractivity contribution in [1.82, 2.24) is 15.5 Å². The molecule has 1 aliphatic heterocycles. The van der Waals surface area contributed by atoms with Gasteiger partial charge in [-0.05, 0) is 43.8 Å². The van der Waals surface area contributed by atoms with Crippen LogP contribution in [-0.2, 0) is 11.3 Å². The minimum atomic E-state index is -0.401. The van der Waals surface area contributed by atoms with Gasteiger partial charge in [0, 0.05) is 19.3 Å². The molecule has 0 saturated carbocycles. The number of rotatable bonds is 10. The second-order valence-electron chi connectivity index (χ2n) is 5.87. The predicted octanol–water partition coefficient (Wildman–Crippen LogP) is 1.76. The van der Waals surface area contributed by atoms with E-state index < -0.39 is 5.91 Å². The van der Waals surface area contributed by atoms with Gasteiger partial charge in [0.1, 0.15) is 11.6 Å². The average Bonchev–Trinajstić information content (AvgIpc) is 3.13. The van der Waals surface area contributed by atoms with Crippen molar-refractivity contribution < 1.29 is 14.3 Å². The van der Waals surface area contributed by atoms with Gasteiger partial charge in [0.05, 0.1) is 0 Å². The van der Waals surface area contributed by atoms with E-state index in [1.807, 2.05) is 24.3 Å². The molecule has 7 nitrogen and oxygen atoms in total. The molecule has 0 atom stereocenters. The summed E-state index contributed by atoms with van der Waals surface area (Å²) in [6.07, 6.45) is 2.44. The van der Waals surface area contributed by atoms with Gasteiger partial charge in [-0.15, -0.1) is 0 Å². The van der Waals surface area contributed by atoms with E-state index in [0.29, 0.717) is 18.0 Å². The molecule has 0 radical (unpaired) electrons. The van der Waals surface area contributed by atoms with Gasteiger partial charge in [0.2, 0.25) is 6.79 Å². The van der Waals surface area contributed by atoms with Gasteiger partial charge in [-0.25, -0.2) is 0 Å². The molecule has 2 N–H and O–H groups in total. The van der Waals surface area contributed by atoms with E-state index in [0.717, 1.165) is 38.2 Å². The van der Waals surface area contributed by atoms with E-state index in [-0.39, 0.29) is 12.4 Å². The zero-order valence-corrected chi connectivity index (χ0v) is 15.4. The number of hydrogen-bond donors (Lipinski definition) is 2. The molecular weight excluding hydrogens is 332 g/mol. The van der Waals surface area contributed by atoms with E-state index in [4.69, 9.17) is 9.47 Å². The fourth-order valence-electron chi connectivity index (χ4n) is 2.60. The fourth-order valence-corrected chi connectivity index (χ4v) is 2.60. The minimum absolute atomic E-state index is 0.0635. The summed E-state index contributed by atoms with van der Waals surface area (Å²) >= 11 is 0. The van der Waals surface area contributed by atoms with E-state index in [1.165, 1.54) is 6.20 Å². The SMILES string of the molecule is CCN(CC)CCCN/C=C(/C#N)C(=O)NCc1ccc2c(c1)OCO2. The van der Waals surface area contributed by atoms with E-state index in [1.54, 1.807) is 0 Å². The third kappa shape index (κ3) is 5.67. The van der Waals surface area contributed by atoms with Crippen LogP contribution in [0, 0.1) is 11.3 Å². The molecule has 140 valence electrons. The number of ether oxygens (including phenoxy) is 2.